The van der Waals surface area contributed by atoms with Gasteiger partial charge in [0.1, 0.15) is 11.4 Å². The van der Waals surface area contributed by atoms with Gasteiger partial charge in [0, 0.05) is 24.2 Å². The number of carbonyl (C=O) groups is 1. The summed E-state index contributed by atoms with van der Waals surface area (Å²) < 4.78 is 18.8. The van der Waals surface area contributed by atoms with Gasteiger partial charge in [-0.25, -0.2) is 9.18 Å². The van der Waals surface area contributed by atoms with Gasteiger partial charge < -0.3 is 15.4 Å². The first kappa shape index (κ1) is 15.8. The lowest BCUT2D eigenvalue weighted by molar-refractivity contribution is 0.0522. The minimum atomic E-state index is -0.493. The molecule has 1 aliphatic rings. The van der Waals surface area contributed by atoms with Gasteiger partial charge in [0.15, 0.2) is 0 Å². The highest BCUT2D eigenvalue weighted by molar-refractivity contribution is 5.68. The SMILES string of the molecule is Cc1ccc(F)c(CNC2CC2NC(=O)OC(C)(C)C)c1. The van der Waals surface area contributed by atoms with E-state index in [-0.39, 0.29) is 17.9 Å². The number of hydrogen-bond donors (Lipinski definition) is 2. The first-order valence-electron chi connectivity index (χ1n) is 7.22. The van der Waals surface area contributed by atoms with E-state index in [1.807, 2.05) is 33.8 Å². The van der Waals surface area contributed by atoms with E-state index >= 15 is 0 Å². The van der Waals surface area contributed by atoms with Crippen LogP contribution >= 0.6 is 0 Å². The van der Waals surface area contributed by atoms with Crippen LogP contribution in [0.4, 0.5) is 9.18 Å². The molecule has 2 unspecified atom stereocenters. The Kier molecular flexibility index (Phi) is 4.52. The molecule has 0 aromatic heterocycles. The summed E-state index contributed by atoms with van der Waals surface area (Å²) in [5.41, 5.74) is 1.19. The number of amides is 1. The third-order valence-electron chi connectivity index (χ3n) is 3.25. The summed E-state index contributed by atoms with van der Waals surface area (Å²) >= 11 is 0. The largest absolute Gasteiger partial charge is 0.444 e. The normalized spacial score (nSPS) is 21.0. The Balaban J connectivity index is 1.75. The van der Waals surface area contributed by atoms with E-state index in [0.29, 0.717) is 12.1 Å². The van der Waals surface area contributed by atoms with Crippen molar-refractivity contribution in [2.75, 3.05) is 0 Å². The smallest absolute Gasteiger partial charge is 0.407 e. The Morgan fingerprint density at radius 3 is 2.76 bits per heavy atom. The molecule has 1 aromatic carbocycles. The van der Waals surface area contributed by atoms with Crippen molar-refractivity contribution < 1.29 is 13.9 Å². The fourth-order valence-corrected chi connectivity index (χ4v) is 2.12. The van der Waals surface area contributed by atoms with Crippen LogP contribution in [-0.4, -0.2) is 23.8 Å². The Morgan fingerprint density at radius 1 is 1.38 bits per heavy atom. The molecular weight excluding hydrogens is 271 g/mol. The third-order valence-corrected chi connectivity index (χ3v) is 3.25. The van der Waals surface area contributed by atoms with Crippen molar-refractivity contribution in [3.05, 3.63) is 35.1 Å². The Hall–Kier alpha value is -1.62. The van der Waals surface area contributed by atoms with E-state index in [1.165, 1.54) is 6.07 Å². The van der Waals surface area contributed by atoms with E-state index in [2.05, 4.69) is 10.6 Å². The van der Waals surface area contributed by atoms with Crippen LogP contribution < -0.4 is 10.6 Å². The predicted molar refractivity (Wildman–Crippen MR) is 79.5 cm³/mol. The minimum Gasteiger partial charge on any atom is -0.444 e. The van der Waals surface area contributed by atoms with Crippen LogP contribution in [0, 0.1) is 12.7 Å². The number of alkyl carbamates (subject to hydrolysis) is 1. The van der Waals surface area contributed by atoms with E-state index < -0.39 is 11.7 Å². The molecule has 0 spiro atoms. The van der Waals surface area contributed by atoms with Gasteiger partial charge in [0.05, 0.1) is 0 Å². The van der Waals surface area contributed by atoms with Crippen molar-refractivity contribution in [2.45, 2.75) is 58.3 Å². The summed E-state index contributed by atoms with van der Waals surface area (Å²) in [7, 11) is 0. The molecule has 1 aromatic rings. The van der Waals surface area contributed by atoms with Crippen LogP contribution in [0.2, 0.25) is 0 Å². The minimum absolute atomic E-state index is 0.0627. The maximum Gasteiger partial charge on any atom is 0.407 e. The summed E-state index contributed by atoms with van der Waals surface area (Å²) in [4.78, 5) is 11.6. The molecule has 0 bridgehead atoms. The zero-order valence-electron chi connectivity index (χ0n) is 13.0. The molecule has 2 atom stereocenters. The van der Waals surface area contributed by atoms with Crippen LogP contribution in [0.25, 0.3) is 0 Å². The Bertz CT molecular complexity index is 525. The lowest BCUT2D eigenvalue weighted by Gasteiger charge is -2.19. The van der Waals surface area contributed by atoms with Crippen molar-refractivity contribution in [2.24, 2.45) is 0 Å². The summed E-state index contributed by atoms with van der Waals surface area (Å²) in [5, 5.41) is 6.05. The van der Waals surface area contributed by atoms with Crippen LogP contribution in [-0.2, 0) is 11.3 Å². The molecule has 5 heteroatoms. The fraction of sp³-hybridized carbons (Fsp3) is 0.562. The molecule has 2 N–H and O–H groups in total. The molecule has 1 fully saturated rings. The van der Waals surface area contributed by atoms with Gasteiger partial charge in [-0.15, -0.1) is 0 Å². The summed E-state index contributed by atoms with van der Waals surface area (Å²) in [6, 6.07) is 5.31. The quantitative estimate of drug-likeness (QED) is 0.897. The van der Waals surface area contributed by atoms with Gasteiger partial charge in [-0.2, -0.15) is 0 Å². The van der Waals surface area contributed by atoms with Gasteiger partial charge in [-0.3, -0.25) is 0 Å². The van der Waals surface area contributed by atoms with Gasteiger partial charge in [0.2, 0.25) is 0 Å². The molecule has 1 saturated carbocycles. The molecule has 116 valence electrons. The average molecular weight is 294 g/mol. The zero-order valence-corrected chi connectivity index (χ0v) is 13.0. The van der Waals surface area contributed by atoms with E-state index in [4.69, 9.17) is 4.74 Å². The zero-order chi connectivity index (χ0) is 15.6. The van der Waals surface area contributed by atoms with Gasteiger partial charge >= 0.3 is 6.09 Å². The van der Waals surface area contributed by atoms with Crippen LogP contribution in [0.5, 0.6) is 0 Å². The first-order valence-corrected chi connectivity index (χ1v) is 7.22. The van der Waals surface area contributed by atoms with Crippen LogP contribution in [0.3, 0.4) is 0 Å². The highest BCUT2D eigenvalue weighted by atomic mass is 19.1. The van der Waals surface area contributed by atoms with Crippen molar-refractivity contribution in [1.82, 2.24) is 10.6 Å². The van der Waals surface area contributed by atoms with Gasteiger partial charge in [-0.1, -0.05) is 17.7 Å². The number of rotatable bonds is 4. The number of hydrogen-bond acceptors (Lipinski definition) is 3. The molecule has 0 radical (unpaired) electrons. The number of carbonyl (C=O) groups excluding carboxylic acids is 1. The van der Waals surface area contributed by atoms with E-state index in [1.54, 1.807) is 6.07 Å². The average Bonchev–Trinajstić information content (AvgIpc) is 3.06. The summed E-state index contributed by atoms with van der Waals surface area (Å²) in [6.07, 6.45) is 0.436. The summed E-state index contributed by atoms with van der Waals surface area (Å²) in [6.45, 7) is 7.89. The molecule has 0 saturated heterocycles. The van der Waals surface area contributed by atoms with Gasteiger partial charge in [0.25, 0.3) is 0 Å². The van der Waals surface area contributed by atoms with Crippen LogP contribution in [0.1, 0.15) is 38.3 Å². The summed E-state index contributed by atoms with van der Waals surface area (Å²) in [5.74, 6) is -0.203. The van der Waals surface area contributed by atoms with Crippen molar-refractivity contribution in [3.8, 4) is 0 Å². The highest BCUT2D eigenvalue weighted by Crippen LogP contribution is 2.23. The standard InChI is InChI=1S/C16H23FN2O2/c1-10-5-6-12(17)11(7-10)9-18-13-8-14(13)19-15(20)21-16(2,3)4/h5-7,13-14,18H,8-9H2,1-4H3,(H,19,20). The lowest BCUT2D eigenvalue weighted by atomic mass is 10.1. The van der Waals surface area contributed by atoms with Crippen molar-refractivity contribution in [1.29, 1.82) is 0 Å². The molecule has 1 amide bonds. The van der Waals surface area contributed by atoms with E-state index in [9.17, 15) is 9.18 Å². The maximum atomic E-state index is 13.6. The number of ether oxygens (including phenoxy) is 1. The van der Waals surface area contributed by atoms with E-state index in [0.717, 1.165) is 12.0 Å². The fourth-order valence-electron chi connectivity index (χ4n) is 2.12. The Morgan fingerprint density at radius 2 is 2.10 bits per heavy atom. The number of nitrogens with one attached hydrogen (secondary N) is 2. The maximum absolute atomic E-state index is 13.6. The molecule has 2 rings (SSSR count). The monoisotopic (exact) mass is 294 g/mol. The third kappa shape index (κ3) is 5.01. The molecule has 21 heavy (non-hydrogen) atoms. The molecule has 1 aliphatic carbocycles. The van der Waals surface area contributed by atoms with Gasteiger partial charge in [-0.05, 0) is 40.2 Å². The molecule has 0 aliphatic heterocycles. The molecular formula is C16H23FN2O2. The number of halogens is 1. The highest BCUT2D eigenvalue weighted by Gasteiger charge is 2.38. The molecule has 0 heterocycles. The second kappa shape index (κ2) is 6.02. The van der Waals surface area contributed by atoms with Crippen LogP contribution in [0.15, 0.2) is 18.2 Å². The van der Waals surface area contributed by atoms with Crippen molar-refractivity contribution >= 4 is 6.09 Å². The number of aryl methyl sites for hydroxylation is 1. The Labute approximate surface area is 125 Å². The predicted octanol–water partition coefficient (Wildman–Crippen LogP) is 2.89. The first-order chi connectivity index (χ1) is 9.74. The lowest BCUT2D eigenvalue weighted by Crippen LogP contribution is -2.36. The number of benzene rings is 1. The second-order valence-electron chi connectivity index (χ2n) is 6.57. The molecule has 4 nitrogen and oxygen atoms in total. The second-order valence-corrected chi connectivity index (χ2v) is 6.57. The van der Waals surface area contributed by atoms with Crippen molar-refractivity contribution in [3.63, 3.8) is 0 Å². The topological polar surface area (TPSA) is 50.4 Å².